The first-order valence-electron chi connectivity index (χ1n) is 7.94. The summed E-state index contributed by atoms with van der Waals surface area (Å²) in [7, 11) is 0. The Morgan fingerprint density at radius 1 is 1.52 bits per heavy atom. The number of carbonyl (C=O) groups is 1. The fourth-order valence-corrected chi connectivity index (χ4v) is 3.89. The number of halogens is 2. The highest BCUT2D eigenvalue weighted by molar-refractivity contribution is 9.10. The van der Waals surface area contributed by atoms with Gasteiger partial charge in [-0.15, -0.1) is 0 Å². The SMILES string of the molecule is CCOC(=O)c1cn2c(cc1=O)-c1c(Cl)c(Br)nn1CC2C1COC1. The van der Waals surface area contributed by atoms with Crippen LogP contribution in [0.1, 0.15) is 23.3 Å². The number of fused-ring (bicyclic) bond motifs is 3. The molecule has 7 nitrogen and oxygen atoms in total. The van der Waals surface area contributed by atoms with E-state index >= 15 is 0 Å². The van der Waals surface area contributed by atoms with Crippen LogP contribution in [0.15, 0.2) is 21.7 Å². The minimum atomic E-state index is -0.613. The van der Waals surface area contributed by atoms with Gasteiger partial charge in [0.15, 0.2) is 5.43 Å². The molecular weight excluding hydrogens is 414 g/mol. The van der Waals surface area contributed by atoms with Crippen LogP contribution in [-0.4, -0.2) is 40.1 Å². The molecule has 0 spiro atoms. The fourth-order valence-electron chi connectivity index (χ4n) is 3.28. The molecule has 1 fully saturated rings. The second-order valence-corrected chi connectivity index (χ2v) is 7.19. The van der Waals surface area contributed by atoms with Crippen molar-refractivity contribution in [3.8, 4) is 11.4 Å². The molecule has 1 unspecified atom stereocenters. The third-order valence-corrected chi connectivity index (χ3v) is 5.74. The molecule has 9 heteroatoms. The maximum Gasteiger partial charge on any atom is 0.343 e. The predicted octanol–water partition coefficient (Wildman–Crippen LogP) is 2.51. The molecule has 0 N–H and O–H groups in total. The normalized spacial score (nSPS) is 19.1. The summed E-state index contributed by atoms with van der Waals surface area (Å²) in [6.45, 7) is 3.78. The van der Waals surface area contributed by atoms with E-state index in [0.29, 0.717) is 40.8 Å². The van der Waals surface area contributed by atoms with Crippen molar-refractivity contribution in [1.29, 1.82) is 0 Å². The summed E-state index contributed by atoms with van der Waals surface area (Å²) in [6, 6.07) is 1.46. The maximum absolute atomic E-state index is 12.5. The minimum absolute atomic E-state index is 0.0212. The summed E-state index contributed by atoms with van der Waals surface area (Å²) in [4.78, 5) is 24.6. The van der Waals surface area contributed by atoms with Gasteiger partial charge in [-0.05, 0) is 22.9 Å². The van der Waals surface area contributed by atoms with Gasteiger partial charge in [-0.25, -0.2) is 4.79 Å². The van der Waals surface area contributed by atoms with Gasteiger partial charge in [-0.2, -0.15) is 5.10 Å². The highest BCUT2D eigenvalue weighted by atomic mass is 79.9. The van der Waals surface area contributed by atoms with Crippen molar-refractivity contribution in [3.63, 3.8) is 0 Å². The zero-order valence-electron chi connectivity index (χ0n) is 13.4. The number of pyridine rings is 1. The van der Waals surface area contributed by atoms with Crippen LogP contribution in [0.25, 0.3) is 11.4 Å². The number of hydrogen-bond donors (Lipinski definition) is 0. The average Bonchev–Trinajstić information content (AvgIpc) is 2.80. The Kier molecular flexibility index (Phi) is 4.21. The molecule has 2 aliphatic rings. The van der Waals surface area contributed by atoms with Crippen LogP contribution in [0, 0.1) is 5.92 Å². The summed E-state index contributed by atoms with van der Waals surface area (Å²) < 4.78 is 14.6. The van der Waals surface area contributed by atoms with Crippen molar-refractivity contribution in [3.05, 3.63) is 37.7 Å². The van der Waals surface area contributed by atoms with E-state index in [1.807, 2.05) is 4.57 Å². The van der Waals surface area contributed by atoms with Gasteiger partial charge in [0.25, 0.3) is 0 Å². The number of rotatable bonds is 3. The van der Waals surface area contributed by atoms with E-state index in [1.165, 1.54) is 6.07 Å². The van der Waals surface area contributed by atoms with E-state index < -0.39 is 11.4 Å². The van der Waals surface area contributed by atoms with Crippen LogP contribution < -0.4 is 5.43 Å². The number of nitrogens with zero attached hydrogens (tertiary/aromatic N) is 3. The molecule has 0 bridgehead atoms. The molecule has 0 aliphatic carbocycles. The zero-order valence-corrected chi connectivity index (χ0v) is 15.7. The summed E-state index contributed by atoms with van der Waals surface area (Å²) in [6.07, 6.45) is 1.58. The lowest BCUT2D eigenvalue weighted by Gasteiger charge is -2.39. The van der Waals surface area contributed by atoms with E-state index in [9.17, 15) is 9.59 Å². The second-order valence-electron chi connectivity index (χ2n) is 6.06. The summed E-state index contributed by atoms with van der Waals surface area (Å²) in [5.74, 6) is -0.330. The Balaban J connectivity index is 1.91. The van der Waals surface area contributed by atoms with Crippen molar-refractivity contribution < 1.29 is 14.3 Å². The van der Waals surface area contributed by atoms with E-state index in [1.54, 1.807) is 17.8 Å². The van der Waals surface area contributed by atoms with E-state index in [4.69, 9.17) is 21.1 Å². The predicted molar refractivity (Wildman–Crippen MR) is 93.9 cm³/mol. The first-order chi connectivity index (χ1) is 12.0. The number of carbonyl (C=O) groups excluding carboxylic acids is 1. The third kappa shape index (κ3) is 2.63. The lowest BCUT2D eigenvalue weighted by molar-refractivity contribution is -0.0613. The van der Waals surface area contributed by atoms with Crippen LogP contribution in [0.4, 0.5) is 0 Å². The van der Waals surface area contributed by atoms with Crippen LogP contribution in [-0.2, 0) is 16.0 Å². The van der Waals surface area contributed by atoms with Crippen LogP contribution >= 0.6 is 27.5 Å². The number of hydrogen-bond acceptors (Lipinski definition) is 5. The summed E-state index contributed by atoms with van der Waals surface area (Å²) in [5, 5.41) is 4.86. The number of esters is 1. The van der Waals surface area contributed by atoms with Crippen molar-refractivity contribution in [2.75, 3.05) is 19.8 Å². The van der Waals surface area contributed by atoms with Gasteiger partial charge in [0.1, 0.15) is 20.9 Å². The van der Waals surface area contributed by atoms with Gasteiger partial charge in [0, 0.05) is 18.2 Å². The molecule has 4 rings (SSSR count). The van der Waals surface area contributed by atoms with Gasteiger partial charge >= 0.3 is 5.97 Å². The molecule has 0 aromatic carbocycles. The molecule has 2 aliphatic heterocycles. The number of ether oxygens (including phenoxy) is 2. The monoisotopic (exact) mass is 427 g/mol. The minimum Gasteiger partial charge on any atom is -0.462 e. The molecule has 2 aromatic heterocycles. The molecule has 4 heterocycles. The first-order valence-corrected chi connectivity index (χ1v) is 9.11. The Hall–Kier alpha value is -1.64. The van der Waals surface area contributed by atoms with E-state index in [0.717, 1.165) is 0 Å². The lowest BCUT2D eigenvalue weighted by Crippen LogP contribution is -2.41. The second kappa shape index (κ2) is 6.26. The van der Waals surface area contributed by atoms with Crippen molar-refractivity contribution in [2.45, 2.75) is 19.5 Å². The standard InChI is InChI=1S/C16H15BrClN3O4/c1-2-25-16(23)9-4-20-10(3-12(9)22)14-13(18)15(17)19-21(14)5-11(20)8-6-24-7-8/h3-4,8,11H,2,5-7H2,1H3. The molecule has 25 heavy (non-hydrogen) atoms. The average molecular weight is 429 g/mol. The largest absolute Gasteiger partial charge is 0.462 e. The molecule has 1 saturated heterocycles. The molecule has 0 saturated carbocycles. The maximum atomic E-state index is 12.5. The summed E-state index contributed by atoms with van der Waals surface area (Å²) >= 11 is 9.71. The fraction of sp³-hybridized carbons (Fsp3) is 0.438. The summed E-state index contributed by atoms with van der Waals surface area (Å²) in [5.41, 5.74) is 0.941. The Bertz CT molecular complexity index is 919. The Morgan fingerprint density at radius 2 is 2.28 bits per heavy atom. The van der Waals surface area contributed by atoms with Gasteiger partial charge < -0.3 is 14.0 Å². The molecular formula is C16H15BrClN3O4. The van der Waals surface area contributed by atoms with Crippen LogP contribution in [0.2, 0.25) is 5.02 Å². The van der Waals surface area contributed by atoms with Crippen molar-refractivity contribution in [1.82, 2.24) is 14.3 Å². The first kappa shape index (κ1) is 16.8. The quantitative estimate of drug-likeness (QED) is 0.702. The molecule has 2 aromatic rings. The molecule has 1 atom stereocenters. The van der Waals surface area contributed by atoms with Crippen LogP contribution in [0.5, 0.6) is 0 Å². The van der Waals surface area contributed by atoms with E-state index in [2.05, 4.69) is 21.0 Å². The lowest BCUT2D eigenvalue weighted by atomic mass is 9.95. The van der Waals surface area contributed by atoms with Crippen molar-refractivity contribution >= 4 is 33.5 Å². The van der Waals surface area contributed by atoms with Gasteiger partial charge in [0.05, 0.1) is 38.1 Å². The smallest absolute Gasteiger partial charge is 0.343 e. The highest BCUT2D eigenvalue weighted by Gasteiger charge is 2.37. The van der Waals surface area contributed by atoms with Crippen molar-refractivity contribution in [2.24, 2.45) is 5.92 Å². The van der Waals surface area contributed by atoms with Gasteiger partial charge in [-0.3, -0.25) is 9.48 Å². The van der Waals surface area contributed by atoms with E-state index in [-0.39, 0.29) is 24.1 Å². The topological polar surface area (TPSA) is 75.4 Å². The van der Waals surface area contributed by atoms with Gasteiger partial charge in [-0.1, -0.05) is 11.6 Å². The Labute approximate surface area is 156 Å². The highest BCUT2D eigenvalue weighted by Crippen LogP contribution is 2.41. The molecule has 132 valence electrons. The Morgan fingerprint density at radius 3 is 2.92 bits per heavy atom. The zero-order chi connectivity index (χ0) is 17.7. The van der Waals surface area contributed by atoms with Gasteiger partial charge in [0.2, 0.25) is 0 Å². The molecule has 0 amide bonds. The number of aromatic nitrogens is 3. The van der Waals surface area contributed by atoms with Crippen LogP contribution in [0.3, 0.4) is 0 Å². The third-order valence-electron chi connectivity index (χ3n) is 4.60. The molecule has 0 radical (unpaired) electrons.